The summed E-state index contributed by atoms with van der Waals surface area (Å²) in [6, 6.07) is 7.05. The van der Waals surface area contributed by atoms with Gasteiger partial charge in [-0.15, -0.1) is 0 Å². The summed E-state index contributed by atoms with van der Waals surface area (Å²) in [4.78, 5) is 20.2. The lowest BCUT2D eigenvalue weighted by molar-refractivity contribution is -0.109. The first-order valence-corrected chi connectivity index (χ1v) is 6.03. The van der Waals surface area contributed by atoms with Crippen LogP contribution in [0.1, 0.15) is 36.7 Å². The van der Waals surface area contributed by atoms with Gasteiger partial charge in [0.1, 0.15) is 6.29 Å². The molecule has 5 nitrogen and oxygen atoms in total. The van der Waals surface area contributed by atoms with E-state index >= 15 is 0 Å². The van der Waals surface area contributed by atoms with E-state index in [1.807, 2.05) is 0 Å². The van der Waals surface area contributed by atoms with Gasteiger partial charge in [0.25, 0.3) is 0 Å². The van der Waals surface area contributed by atoms with Gasteiger partial charge in [-0.05, 0) is 11.5 Å². The summed E-state index contributed by atoms with van der Waals surface area (Å²) < 4.78 is 0. The lowest BCUT2D eigenvalue weighted by atomic mass is 10.1. The van der Waals surface area contributed by atoms with E-state index in [1.54, 1.807) is 29.7 Å². The van der Waals surface area contributed by atoms with Crippen molar-refractivity contribution in [2.45, 2.75) is 27.3 Å². The molecule has 0 spiro atoms. The molecular formula is C14H24N2O3. The average molecular weight is 268 g/mol. The molecule has 0 bridgehead atoms. The van der Waals surface area contributed by atoms with Crippen molar-refractivity contribution >= 4 is 12.7 Å². The number of carbonyl (C=O) groups excluding carboxylic acids is 2. The molecule has 19 heavy (non-hydrogen) atoms. The van der Waals surface area contributed by atoms with E-state index in [0.717, 1.165) is 17.8 Å². The highest BCUT2D eigenvalue weighted by Gasteiger charge is 1.91. The second kappa shape index (κ2) is 14.3. The van der Waals surface area contributed by atoms with Crippen LogP contribution in [-0.2, 0) is 11.3 Å². The summed E-state index contributed by atoms with van der Waals surface area (Å²) in [5.41, 5.74) is 3.37. The molecule has 1 amide bonds. The molecule has 3 N–H and O–H groups in total. The summed E-state index contributed by atoms with van der Waals surface area (Å²) in [6.45, 7) is 7.00. The lowest BCUT2D eigenvalue weighted by Crippen LogP contribution is -2.09. The molecule has 5 heteroatoms. The molecule has 0 saturated heterocycles. The van der Waals surface area contributed by atoms with Gasteiger partial charge >= 0.3 is 0 Å². The van der Waals surface area contributed by atoms with Gasteiger partial charge in [0.05, 0.1) is 0 Å². The molecule has 108 valence electrons. The molecule has 0 aliphatic carbocycles. The van der Waals surface area contributed by atoms with E-state index in [2.05, 4.69) is 26.1 Å². The van der Waals surface area contributed by atoms with Crippen molar-refractivity contribution in [3.05, 3.63) is 35.4 Å². The number of hydroxylamine groups is 1. The Kier molecular flexibility index (Phi) is 14.8. The third kappa shape index (κ3) is 16.3. The minimum Gasteiger partial charge on any atom is -0.355 e. The average Bonchev–Trinajstić information content (AvgIpc) is 2.37. The van der Waals surface area contributed by atoms with Crippen molar-refractivity contribution < 1.29 is 14.8 Å². The highest BCUT2D eigenvalue weighted by atomic mass is 16.5. The summed E-state index contributed by atoms with van der Waals surface area (Å²) >= 11 is 0. The zero-order valence-corrected chi connectivity index (χ0v) is 12.0. The van der Waals surface area contributed by atoms with Crippen molar-refractivity contribution in [2.24, 2.45) is 5.92 Å². The minimum atomic E-state index is 0.503. The molecule has 0 radical (unpaired) electrons. The fourth-order valence-corrected chi connectivity index (χ4v) is 0.874. The third-order valence-electron chi connectivity index (χ3n) is 1.51. The Morgan fingerprint density at radius 3 is 1.89 bits per heavy atom. The molecule has 0 aliphatic heterocycles. The van der Waals surface area contributed by atoms with E-state index in [1.165, 1.54) is 7.05 Å². The Hall–Kier alpha value is -1.72. The van der Waals surface area contributed by atoms with Gasteiger partial charge in [-0.3, -0.25) is 9.59 Å². The SMILES string of the molecule is CC(C)C.CNO.O=CNCc1ccc(C=O)cc1. The molecule has 0 heterocycles. The largest absolute Gasteiger partial charge is 0.355 e. The number of hydrogen-bond acceptors (Lipinski definition) is 4. The first-order chi connectivity index (χ1) is 9.01. The molecule has 0 unspecified atom stereocenters. The van der Waals surface area contributed by atoms with Crippen molar-refractivity contribution in [1.82, 2.24) is 10.8 Å². The Labute approximate surface area is 115 Å². The van der Waals surface area contributed by atoms with Crippen molar-refractivity contribution in [3.8, 4) is 0 Å². The van der Waals surface area contributed by atoms with Gasteiger partial charge in [-0.25, -0.2) is 5.48 Å². The van der Waals surface area contributed by atoms with Gasteiger partial charge in [0.2, 0.25) is 6.41 Å². The smallest absolute Gasteiger partial charge is 0.207 e. The molecule has 0 aromatic heterocycles. The van der Waals surface area contributed by atoms with E-state index in [0.29, 0.717) is 18.5 Å². The Morgan fingerprint density at radius 1 is 1.16 bits per heavy atom. The van der Waals surface area contributed by atoms with Gasteiger partial charge < -0.3 is 10.5 Å². The number of aldehydes is 1. The first-order valence-electron chi connectivity index (χ1n) is 6.03. The fourth-order valence-electron chi connectivity index (χ4n) is 0.874. The van der Waals surface area contributed by atoms with Crippen molar-refractivity contribution in [1.29, 1.82) is 0 Å². The quantitative estimate of drug-likeness (QED) is 0.576. The number of rotatable bonds is 4. The van der Waals surface area contributed by atoms with Crippen LogP contribution in [-0.4, -0.2) is 25.0 Å². The molecule has 1 rings (SSSR count). The van der Waals surface area contributed by atoms with Crippen LogP contribution in [0.4, 0.5) is 0 Å². The fraction of sp³-hybridized carbons (Fsp3) is 0.429. The summed E-state index contributed by atoms with van der Waals surface area (Å²) in [6.07, 6.45) is 1.44. The van der Waals surface area contributed by atoms with Gasteiger partial charge in [0.15, 0.2) is 0 Å². The predicted molar refractivity (Wildman–Crippen MR) is 76.1 cm³/mol. The molecule has 1 aromatic carbocycles. The molecule has 1 aromatic rings. The zero-order chi connectivity index (χ0) is 15.1. The minimum absolute atomic E-state index is 0.503. The molecule has 0 aliphatic rings. The van der Waals surface area contributed by atoms with Crippen molar-refractivity contribution in [3.63, 3.8) is 0 Å². The first kappa shape index (κ1) is 19.6. The monoisotopic (exact) mass is 268 g/mol. The van der Waals surface area contributed by atoms with Crippen LogP contribution in [0.5, 0.6) is 0 Å². The normalized spacial score (nSPS) is 8.53. The van der Waals surface area contributed by atoms with Crippen LogP contribution < -0.4 is 10.8 Å². The van der Waals surface area contributed by atoms with E-state index in [-0.39, 0.29) is 0 Å². The van der Waals surface area contributed by atoms with E-state index < -0.39 is 0 Å². The van der Waals surface area contributed by atoms with Gasteiger partial charge in [-0.2, -0.15) is 0 Å². The molecule has 0 saturated carbocycles. The maximum atomic E-state index is 10.3. The number of nitrogens with one attached hydrogen (secondary N) is 2. The van der Waals surface area contributed by atoms with Crippen LogP contribution in [0.2, 0.25) is 0 Å². The Balaban J connectivity index is 0. The Morgan fingerprint density at radius 2 is 1.58 bits per heavy atom. The maximum Gasteiger partial charge on any atom is 0.207 e. The highest BCUT2D eigenvalue weighted by molar-refractivity contribution is 5.74. The van der Waals surface area contributed by atoms with Crippen LogP contribution in [0.15, 0.2) is 24.3 Å². The second-order valence-electron chi connectivity index (χ2n) is 4.31. The number of amides is 1. The number of carbonyl (C=O) groups is 2. The zero-order valence-electron chi connectivity index (χ0n) is 12.0. The van der Waals surface area contributed by atoms with E-state index in [4.69, 9.17) is 5.21 Å². The molecule has 0 atom stereocenters. The molecular weight excluding hydrogens is 244 g/mol. The van der Waals surface area contributed by atoms with Crippen LogP contribution in [0.3, 0.4) is 0 Å². The van der Waals surface area contributed by atoms with Gasteiger partial charge in [-0.1, -0.05) is 45.0 Å². The van der Waals surface area contributed by atoms with Crippen molar-refractivity contribution in [2.75, 3.05) is 7.05 Å². The summed E-state index contributed by atoms with van der Waals surface area (Å²) in [5.74, 6) is 0.833. The third-order valence-corrected chi connectivity index (χ3v) is 1.51. The highest BCUT2D eigenvalue weighted by Crippen LogP contribution is 2.01. The lowest BCUT2D eigenvalue weighted by Gasteiger charge is -1.98. The number of hydrogen-bond donors (Lipinski definition) is 3. The maximum absolute atomic E-state index is 10.3. The Bertz CT molecular complexity index is 321. The van der Waals surface area contributed by atoms with Crippen LogP contribution >= 0.6 is 0 Å². The second-order valence-corrected chi connectivity index (χ2v) is 4.31. The topological polar surface area (TPSA) is 78.4 Å². The standard InChI is InChI=1S/C9H9NO2.C4H10.CH5NO/c11-6-9-3-1-8(2-4-9)5-10-7-12;1-4(2)3;1-2-3/h1-4,6-7H,5H2,(H,10,12);4H,1-3H3;2-3H,1H3. The van der Waals surface area contributed by atoms with Gasteiger partial charge in [0, 0.05) is 19.2 Å². The van der Waals surface area contributed by atoms with E-state index in [9.17, 15) is 9.59 Å². The van der Waals surface area contributed by atoms with Crippen LogP contribution in [0.25, 0.3) is 0 Å². The summed E-state index contributed by atoms with van der Waals surface area (Å²) in [5, 5.41) is 9.85. The number of benzene rings is 1. The summed E-state index contributed by atoms with van der Waals surface area (Å²) in [7, 11) is 1.43. The molecule has 0 fully saturated rings. The van der Waals surface area contributed by atoms with Crippen LogP contribution in [0, 0.1) is 5.92 Å². The predicted octanol–water partition coefficient (Wildman–Crippen LogP) is 2.00.